The molecule has 0 aliphatic carbocycles. The molecule has 0 amide bonds. The molecule has 0 aliphatic rings. The molecule has 0 aliphatic heterocycles. The summed E-state index contributed by atoms with van der Waals surface area (Å²) in [5.41, 5.74) is 0.0112. The van der Waals surface area contributed by atoms with Crippen molar-refractivity contribution in [1.29, 1.82) is 5.26 Å². The minimum atomic E-state index is -0.512. The van der Waals surface area contributed by atoms with Gasteiger partial charge in [-0.05, 0) is 6.26 Å². The number of benzene rings is 1. The average molecular weight is 333 g/mol. The fourth-order valence-corrected chi connectivity index (χ4v) is 2.45. The average Bonchev–Trinajstić information content (AvgIpc) is 2.59. The molecule has 1 aromatic carbocycles. The number of thioether (sulfide) groups is 1. The number of rotatable bonds is 5. The summed E-state index contributed by atoms with van der Waals surface area (Å²) in [4.78, 5) is 19.0. The van der Waals surface area contributed by atoms with E-state index in [2.05, 4.69) is 9.97 Å². The maximum atomic E-state index is 12.1. The van der Waals surface area contributed by atoms with E-state index in [4.69, 9.17) is 14.2 Å². The predicted octanol–water partition coefficient (Wildman–Crippen LogP) is 2.06. The van der Waals surface area contributed by atoms with Gasteiger partial charge in [0.1, 0.15) is 34.6 Å². The van der Waals surface area contributed by atoms with Crippen molar-refractivity contribution in [3.63, 3.8) is 0 Å². The highest BCUT2D eigenvalue weighted by Gasteiger charge is 2.22. The summed E-state index contributed by atoms with van der Waals surface area (Å²) in [6.07, 6.45) is 1.77. The summed E-state index contributed by atoms with van der Waals surface area (Å²) in [5.74, 6) is 1.31. The quantitative estimate of drug-likeness (QED) is 0.660. The van der Waals surface area contributed by atoms with Gasteiger partial charge in [0.2, 0.25) is 0 Å². The van der Waals surface area contributed by atoms with Gasteiger partial charge in [0, 0.05) is 12.1 Å². The lowest BCUT2D eigenvalue weighted by Gasteiger charge is -2.15. The summed E-state index contributed by atoms with van der Waals surface area (Å²) in [6, 6.07) is 5.17. The molecule has 0 atom stereocenters. The zero-order valence-corrected chi connectivity index (χ0v) is 13.9. The minimum Gasteiger partial charge on any atom is -0.496 e. The van der Waals surface area contributed by atoms with Gasteiger partial charge in [0.05, 0.1) is 26.9 Å². The molecule has 1 heterocycles. The fraction of sp³-hybridized carbons (Fsp3) is 0.267. The van der Waals surface area contributed by atoms with Crippen molar-refractivity contribution < 1.29 is 14.2 Å². The molecule has 0 saturated heterocycles. The third-order valence-electron chi connectivity index (χ3n) is 3.15. The Balaban J connectivity index is 2.88. The maximum Gasteiger partial charge on any atom is 0.270 e. The molecule has 0 bridgehead atoms. The van der Waals surface area contributed by atoms with Gasteiger partial charge < -0.3 is 19.2 Å². The van der Waals surface area contributed by atoms with E-state index in [-0.39, 0.29) is 11.3 Å². The molecule has 1 N–H and O–H groups in total. The number of nitriles is 1. The van der Waals surface area contributed by atoms with Crippen LogP contribution in [0, 0.1) is 11.3 Å². The van der Waals surface area contributed by atoms with Crippen LogP contribution in [-0.2, 0) is 0 Å². The van der Waals surface area contributed by atoms with E-state index >= 15 is 0 Å². The Morgan fingerprint density at radius 1 is 1.17 bits per heavy atom. The fourth-order valence-electron chi connectivity index (χ4n) is 2.07. The third kappa shape index (κ3) is 3.10. The number of hydrogen-bond donors (Lipinski definition) is 1. The van der Waals surface area contributed by atoms with Crippen LogP contribution in [0.4, 0.5) is 0 Å². The lowest BCUT2D eigenvalue weighted by atomic mass is 10.0. The number of ether oxygens (including phenoxy) is 3. The highest BCUT2D eigenvalue weighted by atomic mass is 32.2. The Bertz CT molecular complexity index is 801. The van der Waals surface area contributed by atoms with E-state index in [1.54, 1.807) is 18.4 Å². The lowest BCUT2D eigenvalue weighted by Crippen LogP contribution is -2.15. The van der Waals surface area contributed by atoms with Crippen LogP contribution in [-0.4, -0.2) is 37.6 Å². The molecule has 2 rings (SSSR count). The molecule has 7 nitrogen and oxygen atoms in total. The van der Waals surface area contributed by atoms with Gasteiger partial charge in [-0.25, -0.2) is 4.98 Å². The van der Waals surface area contributed by atoms with Crippen molar-refractivity contribution in [1.82, 2.24) is 9.97 Å². The first-order chi connectivity index (χ1) is 11.1. The van der Waals surface area contributed by atoms with E-state index in [0.717, 1.165) is 0 Å². The Morgan fingerprint density at radius 3 is 2.22 bits per heavy atom. The van der Waals surface area contributed by atoms with Gasteiger partial charge in [-0.15, -0.1) is 0 Å². The molecule has 0 unspecified atom stereocenters. The van der Waals surface area contributed by atoms with Gasteiger partial charge in [0.25, 0.3) is 5.56 Å². The maximum absolute atomic E-state index is 12.1. The number of H-pyrrole nitrogens is 1. The SMILES string of the molecule is COc1cc(OC)c(-c2nc(SC)[nH]c(=O)c2C#N)c(OC)c1. The number of aromatic nitrogens is 2. The Morgan fingerprint density at radius 2 is 1.78 bits per heavy atom. The van der Waals surface area contributed by atoms with Crippen molar-refractivity contribution in [2.45, 2.75) is 5.16 Å². The number of nitrogens with zero attached hydrogens (tertiary/aromatic N) is 2. The first-order valence-corrected chi connectivity index (χ1v) is 7.70. The second-order valence-corrected chi connectivity index (χ2v) is 5.11. The third-order valence-corrected chi connectivity index (χ3v) is 3.73. The Hall–Kier alpha value is -2.66. The second kappa shape index (κ2) is 7.07. The molecule has 8 heteroatoms. The zero-order valence-electron chi connectivity index (χ0n) is 13.1. The Labute approximate surface area is 137 Å². The van der Waals surface area contributed by atoms with Gasteiger partial charge in [-0.3, -0.25) is 4.79 Å². The zero-order chi connectivity index (χ0) is 17.0. The Kier molecular flexibility index (Phi) is 5.13. The summed E-state index contributed by atoms with van der Waals surface area (Å²) in [7, 11) is 4.48. The van der Waals surface area contributed by atoms with E-state index in [9.17, 15) is 10.1 Å². The van der Waals surface area contributed by atoms with E-state index < -0.39 is 5.56 Å². The molecular formula is C15H15N3O4S. The van der Waals surface area contributed by atoms with Crippen molar-refractivity contribution in [3.05, 3.63) is 28.0 Å². The monoisotopic (exact) mass is 333 g/mol. The van der Waals surface area contributed by atoms with E-state index in [1.807, 2.05) is 6.07 Å². The first kappa shape index (κ1) is 16.7. The summed E-state index contributed by atoms with van der Waals surface area (Å²) in [6.45, 7) is 0. The smallest absolute Gasteiger partial charge is 0.270 e. The highest BCUT2D eigenvalue weighted by Crippen LogP contribution is 2.41. The second-order valence-electron chi connectivity index (χ2n) is 4.32. The molecule has 23 heavy (non-hydrogen) atoms. The highest BCUT2D eigenvalue weighted by molar-refractivity contribution is 7.98. The van der Waals surface area contributed by atoms with Crippen LogP contribution in [0.2, 0.25) is 0 Å². The van der Waals surface area contributed by atoms with Crippen LogP contribution < -0.4 is 19.8 Å². The normalized spacial score (nSPS) is 10.0. The molecule has 2 aromatic rings. The molecule has 0 spiro atoms. The number of nitrogens with one attached hydrogen (secondary N) is 1. The standard InChI is InChI=1S/C15H15N3O4S/c1-20-8-5-10(21-2)12(11(6-8)22-3)13-9(7-16)14(19)18-15(17-13)23-4/h5-6H,1-4H3,(H,17,18,19). The molecule has 0 fully saturated rings. The predicted molar refractivity (Wildman–Crippen MR) is 86.4 cm³/mol. The van der Waals surface area contributed by atoms with Crippen LogP contribution in [0.25, 0.3) is 11.3 Å². The number of hydrogen-bond acceptors (Lipinski definition) is 7. The van der Waals surface area contributed by atoms with Crippen molar-refractivity contribution in [2.75, 3.05) is 27.6 Å². The van der Waals surface area contributed by atoms with Crippen LogP contribution in [0.3, 0.4) is 0 Å². The molecule has 0 radical (unpaired) electrons. The summed E-state index contributed by atoms with van der Waals surface area (Å²) >= 11 is 1.26. The number of aromatic amines is 1. The van der Waals surface area contributed by atoms with Gasteiger partial charge in [-0.2, -0.15) is 5.26 Å². The molecule has 1 aromatic heterocycles. The topological polar surface area (TPSA) is 97.2 Å². The van der Waals surface area contributed by atoms with Crippen molar-refractivity contribution >= 4 is 11.8 Å². The van der Waals surface area contributed by atoms with Crippen LogP contribution >= 0.6 is 11.8 Å². The summed E-state index contributed by atoms with van der Waals surface area (Å²) < 4.78 is 15.9. The first-order valence-electron chi connectivity index (χ1n) is 6.48. The van der Waals surface area contributed by atoms with Gasteiger partial charge >= 0.3 is 0 Å². The molecule has 0 saturated carbocycles. The van der Waals surface area contributed by atoms with Crippen LogP contribution in [0.15, 0.2) is 22.1 Å². The van der Waals surface area contributed by atoms with Crippen LogP contribution in [0.5, 0.6) is 17.2 Å². The van der Waals surface area contributed by atoms with Crippen molar-refractivity contribution in [3.8, 4) is 34.6 Å². The minimum absolute atomic E-state index is 0.107. The molecular weight excluding hydrogens is 318 g/mol. The van der Waals surface area contributed by atoms with Crippen molar-refractivity contribution in [2.24, 2.45) is 0 Å². The van der Waals surface area contributed by atoms with Gasteiger partial charge in [-0.1, -0.05) is 11.8 Å². The van der Waals surface area contributed by atoms with E-state index in [1.165, 1.54) is 33.1 Å². The largest absolute Gasteiger partial charge is 0.496 e. The molecule has 120 valence electrons. The summed E-state index contributed by atoms with van der Waals surface area (Å²) in [5, 5.41) is 9.72. The number of methoxy groups -OCH3 is 3. The van der Waals surface area contributed by atoms with Crippen LogP contribution in [0.1, 0.15) is 5.56 Å². The van der Waals surface area contributed by atoms with Gasteiger partial charge in [0.15, 0.2) is 5.16 Å². The van der Waals surface area contributed by atoms with E-state index in [0.29, 0.717) is 28.0 Å². The lowest BCUT2D eigenvalue weighted by molar-refractivity contribution is 0.377.